The van der Waals surface area contributed by atoms with Crippen LogP contribution in [0, 0.1) is 5.82 Å². The molecule has 1 aromatic heterocycles. The molecule has 1 N–H and O–H groups in total. The molecule has 114 valence electrons. The summed E-state index contributed by atoms with van der Waals surface area (Å²) in [5.41, 5.74) is 1.10. The molecule has 0 unspecified atom stereocenters. The summed E-state index contributed by atoms with van der Waals surface area (Å²) >= 11 is 0. The summed E-state index contributed by atoms with van der Waals surface area (Å²) in [4.78, 5) is 23.2. The predicted octanol–water partition coefficient (Wildman–Crippen LogP) is 2.47. The Balaban J connectivity index is 2.20. The standard InChI is InChI=1S/C16H14FNO4/c1-22-16(21)15(20)9-14(19)13-3-2-8-18(13)10-11-4-6-12(17)7-5-11/h2-9,20H,10H2,1H3/b15-9-. The molecule has 0 atom stereocenters. The second-order valence-electron chi connectivity index (χ2n) is 4.53. The van der Waals surface area contributed by atoms with E-state index in [4.69, 9.17) is 0 Å². The lowest BCUT2D eigenvalue weighted by molar-refractivity contribution is -0.139. The maximum absolute atomic E-state index is 12.9. The number of carbonyl (C=O) groups excluding carboxylic acids is 2. The number of hydrogen-bond donors (Lipinski definition) is 1. The molecule has 0 saturated heterocycles. The van der Waals surface area contributed by atoms with Gasteiger partial charge in [-0.3, -0.25) is 4.79 Å². The van der Waals surface area contributed by atoms with Gasteiger partial charge in [-0.2, -0.15) is 0 Å². The van der Waals surface area contributed by atoms with E-state index >= 15 is 0 Å². The van der Waals surface area contributed by atoms with E-state index in [0.29, 0.717) is 12.2 Å². The molecule has 2 rings (SSSR count). The van der Waals surface area contributed by atoms with Gasteiger partial charge in [0.15, 0.2) is 0 Å². The number of esters is 1. The Morgan fingerprint density at radius 3 is 2.59 bits per heavy atom. The van der Waals surface area contributed by atoms with Gasteiger partial charge in [-0.15, -0.1) is 0 Å². The van der Waals surface area contributed by atoms with E-state index in [0.717, 1.165) is 18.7 Å². The Morgan fingerprint density at radius 1 is 1.27 bits per heavy atom. The number of allylic oxidation sites excluding steroid dienone is 1. The van der Waals surface area contributed by atoms with Crippen LogP contribution in [0.1, 0.15) is 16.1 Å². The van der Waals surface area contributed by atoms with Gasteiger partial charge in [0.1, 0.15) is 5.82 Å². The van der Waals surface area contributed by atoms with Crippen LogP contribution in [-0.2, 0) is 16.1 Å². The van der Waals surface area contributed by atoms with Crippen molar-refractivity contribution >= 4 is 11.8 Å². The highest BCUT2D eigenvalue weighted by molar-refractivity contribution is 6.07. The van der Waals surface area contributed by atoms with Gasteiger partial charge in [0.2, 0.25) is 11.5 Å². The summed E-state index contributed by atoms with van der Waals surface area (Å²) in [6, 6.07) is 9.13. The Morgan fingerprint density at radius 2 is 1.95 bits per heavy atom. The second-order valence-corrected chi connectivity index (χ2v) is 4.53. The smallest absolute Gasteiger partial charge is 0.373 e. The Labute approximate surface area is 126 Å². The van der Waals surface area contributed by atoms with Crippen LogP contribution in [0.15, 0.2) is 54.4 Å². The average molecular weight is 303 g/mol. The van der Waals surface area contributed by atoms with Gasteiger partial charge >= 0.3 is 5.97 Å². The molecular formula is C16H14FNO4. The van der Waals surface area contributed by atoms with Crippen LogP contribution >= 0.6 is 0 Å². The van der Waals surface area contributed by atoms with Crippen LogP contribution < -0.4 is 0 Å². The molecule has 22 heavy (non-hydrogen) atoms. The lowest BCUT2D eigenvalue weighted by Crippen LogP contribution is -2.11. The zero-order valence-corrected chi connectivity index (χ0v) is 11.8. The third kappa shape index (κ3) is 3.60. The van der Waals surface area contributed by atoms with Crippen LogP contribution in [0.4, 0.5) is 4.39 Å². The lowest BCUT2D eigenvalue weighted by Gasteiger charge is -2.07. The zero-order valence-electron chi connectivity index (χ0n) is 11.8. The number of nitrogens with zero attached hydrogens (tertiary/aromatic N) is 1. The van der Waals surface area contributed by atoms with E-state index in [-0.39, 0.29) is 5.82 Å². The number of benzene rings is 1. The molecular weight excluding hydrogens is 289 g/mol. The summed E-state index contributed by atoms with van der Waals surface area (Å²) in [6.07, 6.45) is 2.49. The molecule has 0 bridgehead atoms. The topological polar surface area (TPSA) is 68.5 Å². The maximum atomic E-state index is 12.9. The van der Waals surface area contributed by atoms with E-state index in [9.17, 15) is 19.1 Å². The number of rotatable bonds is 5. The zero-order chi connectivity index (χ0) is 16.1. The fraction of sp³-hybridized carbons (Fsp3) is 0.125. The molecule has 0 aliphatic rings. The van der Waals surface area contributed by atoms with Crippen LogP contribution in [0.25, 0.3) is 0 Å². The number of carbonyl (C=O) groups is 2. The normalized spacial score (nSPS) is 11.3. The van der Waals surface area contributed by atoms with E-state index in [2.05, 4.69) is 4.74 Å². The van der Waals surface area contributed by atoms with Crippen molar-refractivity contribution in [2.45, 2.75) is 6.54 Å². The van der Waals surface area contributed by atoms with E-state index in [1.165, 1.54) is 12.1 Å². The second kappa shape index (κ2) is 6.71. The molecule has 0 fully saturated rings. The summed E-state index contributed by atoms with van der Waals surface area (Å²) in [5, 5.41) is 9.41. The molecule has 5 nitrogen and oxygen atoms in total. The number of hydrogen-bond acceptors (Lipinski definition) is 4. The largest absolute Gasteiger partial charge is 0.502 e. The number of aliphatic hydroxyl groups is 1. The molecule has 0 spiro atoms. The maximum Gasteiger partial charge on any atom is 0.373 e. The van der Waals surface area contributed by atoms with Gasteiger partial charge in [0, 0.05) is 18.8 Å². The minimum Gasteiger partial charge on any atom is -0.502 e. The van der Waals surface area contributed by atoms with Crippen LogP contribution in [-0.4, -0.2) is 28.5 Å². The minimum atomic E-state index is -0.981. The third-order valence-corrected chi connectivity index (χ3v) is 3.01. The highest BCUT2D eigenvalue weighted by Gasteiger charge is 2.14. The van der Waals surface area contributed by atoms with Crippen molar-refractivity contribution in [3.8, 4) is 0 Å². The molecule has 0 aliphatic carbocycles. The predicted molar refractivity (Wildman–Crippen MR) is 77.0 cm³/mol. The first kappa shape index (κ1) is 15.5. The molecule has 1 aromatic carbocycles. The van der Waals surface area contributed by atoms with Crippen LogP contribution in [0.3, 0.4) is 0 Å². The van der Waals surface area contributed by atoms with Crippen molar-refractivity contribution in [1.29, 1.82) is 0 Å². The molecule has 0 radical (unpaired) electrons. The number of aliphatic hydroxyl groups excluding tert-OH is 1. The average Bonchev–Trinajstić information content (AvgIpc) is 2.96. The third-order valence-electron chi connectivity index (χ3n) is 3.01. The number of ketones is 1. The summed E-state index contributed by atoms with van der Waals surface area (Å²) in [7, 11) is 1.11. The quantitative estimate of drug-likeness (QED) is 0.399. The highest BCUT2D eigenvalue weighted by Crippen LogP contribution is 2.11. The number of aromatic nitrogens is 1. The molecule has 0 saturated carbocycles. The molecule has 0 amide bonds. The Hall–Kier alpha value is -2.89. The van der Waals surface area contributed by atoms with Gasteiger partial charge in [-0.1, -0.05) is 12.1 Å². The van der Waals surface area contributed by atoms with Crippen molar-refractivity contribution < 1.29 is 23.8 Å². The highest BCUT2D eigenvalue weighted by atomic mass is 19.1. The van der Waals surface area contributed by atoms with E-state index < -0.39 is 17.5 Å². The van der Waals surface area contributed by atoms with Gasteiger partial charge in [-0.05, 0) is 29.8 Å². The van der Waals surface area contributed by atoms with Crippen molar-refractivity contribution in [3.63, 3.8) is 0 Å². The van der Waals surface area contributed by atoms with Crippen LogP contribution in [0.2, 0.25) is 0 Å². The first-order valence-corrected chi connectivity index (χ1v) is 6.44. The fourth-order valence-corrected chi connectivity index (χ4v) is 1.92. The first-order chi connectivity index (χ1) is 10.5. The van der Waals surface area contributed by atoms with Crippen molar-refractivity contribution in [3.05, 3.63) is 71.5 Å². The molecule has 1 heterocycles. The fourth-order valence-electron chi connectivity index (χ4n) is 1.92. The van der Waals surface area contributed by atoms with Crippen molar-refractivity contribution in [2.75, 3.05) is 7.11 Å². The molecule has 0 aliphatic heterocycles. The minimum absolute atomic E-state index is 0.291. The summed E-state index contributed by atoms with van der Waals surface area (Å²) in [6.45, 7) is 0.362. The van der Waals surface area contributed by atoms with Gasteiger partial charge in [0.25, 0.3) is 0 Å². The number of ether oxygens (including phenoxy) is 1. The lowest BCUT2D eigenvalue weighted by atomic mass is 10.2. The van der Waals surface area contributed by atoms with Crippen molar-refractivity contribution in [1.82, 2.24) is 4.57 Å². The van der Waals surface area contributed by atoms with Crippen molar-refractivity contribution in [2.24, 2.45) is 0 Å². The first-order valence-electron chi connectivity index (χ1n) is 6.44. The number of methoxy groups -OCH3 is 1. The SMILES string of the molecule is COC(=O)/C(O)=C/C(=O)c1cccn1Cc1ccc(F)cc1. The Bertz CT molecular complexity index is 716. The van der Waals surface area contributed by atoms with E-state index in [1.54, 1.807) is 35.0 Å². The number of halogens is 1. The van der Waals surface area contributed by atoms with E-state index in [1.807, 2.05) is 0 Å². The van der Waals surface area contributed by atoms with Gasteiger partial charge in [-0.25, -0.2) is 9.18 Å². The monoisotopic (exact) mass is 303 g/mol. The van der Waals surface area contributed by atoms with Crippen LogP contribution in [0.5, 0.6) is 0 Å². The summed E-state index contributed by atoms with van der Waals surface area (Å²) in [5.74, 6) is -2.61. The van der Waals surface area contributed by atoms with Gasteiger partial charge in [0.05, 0.1) is 12.8 Å². The summed E-state index contributed by atoms with van der Waals surface area (Å²) < 4.78 is 18.8. The van der Waals surface area contributed by atoms with Gasteiger partial charge < -0.3 is 14.4 Å². The molecule has 6 heteroatoms. The molecule has 2 aromatic rings. The Kier molecular flexibility index (Phi) is 4.73.